The first-order valence-corrected chi connectivity index (χ1v) is 7.84. The molecule has 0 aromatic heterocycles. The lowest BCUT2D eigenvalue weighted by Gasteiger charge is -2.33. The van der Waals surface area contributed by atoms with E-state index in [0.717, 1.165) is 10.4 Å². The molecule has 21 heavy (non-hydrogen) atoms. The second-order valence-electron chi connectivity index (χ2n) is 4.88. The van der Waals surface area contributed by atoms with Gasteiger partial charge in [0, 0.05) is 6.54 Å². The Labute approximate surface area is 122 Å². The minimum absolute atomic E-state index is 0.00760. The van der Waals surface area contributed by atoms with E-state index in [4.69, 9.17) is 9.84 Å². The average molecular weight is 317 g/mol. The molecule has 0 radical (unpaired) electrons. The van der Waals surface area contributed by atoms with Gasteiger partial charge in [-0.05, 0) is 24.6 Å². The summed E-state index contributed by atoms with van der Waals surface area (Å²) in [4.78, 5) is 10.4. The summed E-state index contributed by atoms with van der Waals surface area (Å²) in [5.41, 5.74) is 0.609. The zero-order chi connectivity index (χ0) is 15.6. The van der Waals surface area contributed by atoms with Crippen molar-refractivity contribution in [2.24, 2.45) is 0 Å². The Balaban J connectivity index is 2.40. The average Bonchev–Trinajstić information content (AvgIpc) is 2.41. The van der Waals surface area contributed by atoms with Crippen LogP contribution in [0.3, 0.4) is 0 Å². The summed E-state index contributed by atoms with van der Waals surface area (Å²) in [6, 6.07) is 2.98. The van der Waals surface area contributed by atoms with Gasteiger partial charge in [-0.1, -0.05) is 6.07 Å². The maximum atomic E-state index is 13.9. The topological polar surface area (TPSA) is 83.9 Å². The van der Waals surface area contributed by atoms with Gasteiger partial charge in [-0.25, -0.2) is 12.8 Å². The van der Waals surface area contributed by atoms with Crippen LogP contribution in [-0.4, -0.2) is 49.6 Å². The largest absolute Gasteiger partial charge is 0.481 e. The lowest BCUT2D eigenvalue weighted by molar-refractivity contribution is -0.139. The number of carboxylic acids is 1. The highest BCUT2D eigenvalue weighted by atomic mass is 32.2. The number of aryl methyl sites for hydroxylation is 1. The fourth-order valence-corrected chi connectivity index (χ4v) is 4.00. The number of carbonyl (C=O) groups is 1. The Hall–Kier alpha value is -1.51. The van der Waals surface area contributed by atoms with Crippen molar-refractivity contribution >= 4 is 16.0 Å². The molecule has 1 atom stereocenters. The molecule has 2 rings (SSSR count). The van der Waals surface area contributed by atoms with Gasteiger partial charge in [0.15, 0.2) is 0 Å². The Kier molecular flexibility index (Phi) is 4.60. The van der Waals surface area contributed by atoms with E-state index in [0.29, 0.717) is 5.56 Å². The monoisotopic (exact) mass is 317 g/mol. The first-order valence-electron chi connectivity index (χ1n) is 6.40. The van der Waals surface area contributed by atoms with Crippen LogP contribution >= 0.6 is 0 Å². The van der Waals surface area contributed by atoms with Gasteiger partial charge in [0.25, 0.3) is 0 Å². The van der Waals surface area contributed by atoms with Crippen LogP contribution in [0.15, 0.2) is 23.1 Å². The molecule has 0 aliphatic carbocycles. The molecule has 0 spiro atoms. The van der Waals surface area contributed by atoms with Gasteiger partial charge in [0.2, 0.25) is 10.0 Å². The van der Waals surface area contributed by atoms with Crippen LogP contribution in [0.25, 0.3) is 0 Å². The number of rotatable bonds is 4. The van der Waals surface area contributed by atoms with E-state index in [2.05, 4.69) is 0 Å². The molecule has 1 heterocycles. The molecule has 1 aliphatic heterocycles. The van der Waals surface area contributed by atoms with Crippen LogP contribution in [-0.2, 0) is 19.6 Å². The van der Waals surface area contributed by atoms with E-state index in [1.165, 1.54) is 12.1 Å². The molecule has 1 unspecified atom stereocenters. The standard InChI is InChI=1S/C13H16FNO5S/c1-9-2-3-11(14)12(6-9)21(18,19)15-4-5-20-8-10(15)7-13(16)17/h2-3,6,10H,4-5,7-8H2,1H3,(H,16,17). The fourth-order valence-electron chi connectivity index (χ4n) is 2.25. The van der Waals surface area contributed by atoms with Crippen LogP contribution < -0.4 is 0 Å². The van der Waals surface area contributed by atoms with Crippen molar-refractivity contribution in [1.29, 1.82) is 0 Å². The minimum Gasteiger partial charge on any atom is -0.481 e. The highest BCUT2D eigenvalue weighted by Crippen LogP contribution is 2.25. The molecule has 1 fully saturated rings. The smallest absolute Gasteiger partial charge is 0.305 e. The van der Waals surface area contributed by atoms with Crippen LogP contribution in [0.5, 0.6) is 0 Å². The van der Waals surface area contributed by atoms with Crippen molar-refractivity contribution < 1.29 is 27.4 Å². The van der Waals surface area contributed by atoms with E-state index in [-0.39, 0.29) is 26.2 Å². The van der Waals surface area contributed by atoms with Gasteiger partial charge in [-0.3, -0.25) is 4.79 Å². The van der Waals surface area contributed by atoms with Crippen LogP contribution in [0, 0.1) is 12.7 Å². The molecule has 1 saturated heterocycles. The molecular weight excluding hydrogens is 301 g/mol. The number of ether oxygens (including phenoxy) is 1. The number of aliphatic carboxylic acids is 1. The van der Waals surface area contributed by atoms with Crippen LogP contribution in [0.2, 0.25) is 0 Å². The van der Waals surface area contributed by atoms with Crippen molar-refractivity contribution in [2.45, 2.75) is 24.3 Å². The van der Waals surface area contributed by atoms with E-state index in [1.54, 1.807) is 6.92 Å². The Bertz CT molecular complexity index is 646. The van der Waals surface area contributed by atoms with Crippen molar-refractivity contribution in [3.05, 3.63) is 29.6 Å². The summed E-state index contributed by atoms with van der Waals surface area (Å²) in [5, 5.41) is 8.87. The molecule has 116 valence electrons. The highest BCUT2D eigenvalue weighted by Gasteiger charge is 2.36. The number of hydrogen-bond acceptors (Lipinski definition) is 4. The number of carboxylic acid groups (broad SMARTS) is 1. The Morgan fingerprint density at radius 1 is 1.52 bits per heavy atom. The normalized spacial score (nSPS) is 20.4. The van der Waals surface area contributed by atoms with E-state index in [1.807, 2.05) is 0 Å². The maximum Gasteiger partial charge on any atom is 0.305 e. The molecule has 0 amide bonds. The number of nitrogens with zero attached hydrogens (tertiary/aromatic N) is 1. The van der Waals surface area contributed by atoms with Gasteiger partial charge in [0.05, 0.1) is 25.7 Å². The van der Waals surface area contributed by atoms with E-state index >= 15 is 0 Å². The maximum absolute atomic E-state index is 13.9. The van der Waals surface area contributed by atoms with E-state index < -0.39 is 32.7 Å². The molecular formula is C13H16FNO5S. The molecule has 1 N–H and O–H groups in total. The zero-order valence-electron chi connectivity index (χ0n) is 11.5. The summed E-state index contributed by atoms with van der Waals surface area (Å²) in [6.07, 6.45) is -0.382. The van der Waals surface area contributed by atoms with Crippen LogP contribution in [0.1, 0.15) is 12.0 Å². The van der Waals surface area contributed by atoms with Gasteiger partial charge in [-0.2, -0.15) is 4.31 Å². The number of morpholine rings is 1. The lowest BCUT2D eigenvalue weighted by Crippen LogP contribution is -2.49. The predicted octanol–water partition coefficient (Wildman–Crippen LogP) is 0.998. The summed E-state index contributed by atoms with van der Waals surface area (Å²) in [6.45, 7) is 1.81. The SMILES string of the molecule is Cc1ccc(F)c(S(=O)(=O)N2CCOCC2CC(=O)O)c1. The third-order valence-electron chi connectivity index (χ3n) is 3.26. The molecule has 0 saturated carbocycles. The Morgan fingerprint density at radius 3 is 2.90 bits per heavy atom. The first kappa shape index (κ1) is 15.9. The van der Waals surface area contributed by atoms with Crippen LogP contribution in [0.4, 0.5) is 4.39 Å². The first-order chi connectivity index (χ1) is 9.82. The third kappa shape index (κ3) is 3.39. The second-order valence-corrected chi connectivity index (χ2v) is 6.74. The second kappa shape index (κ2) is 6.08. The van der Waals surface area contributed by atoms with E-state index in [9.17, 15) is 17.6 Å². The van der Waals surface area contributed by atoms with Gasteiger partial charge in [0.1, 0.15) is 10.7 Å². The van der Waals surface area contributed by atoms with Crippen molar-refractivity contribution in [3.8, 4) is 0 Å². The third-order valence-corrected chi connectivity index (χ3v) is 5.22. The molecule has 1 aromatic carbocycles. The Morgan fingerprint density at radius 2 is 2.24 bits per heavy atom. The predicted molar refractivity (Wildman–Crippen MR) is 71.9 cm³/mol. The van der Waals surface area contributed by atoms with Gasteiger partial charge in [-0.15, -0.1) is 0 Å². The van der Waals surface area contributed by atoms with Gasteiger partial charge >= 0.3 is 5.97 Å². The number of halogens is 1. The summed E-state index contributed by atoms with van der Waals surface area (Å²) < 4.78 is 45.2. The number of benzene rings is 1. The van der Waals surface area contributed by atoms with Crippen molar-refractivity contribution in [2.75, 3.05) is 19.8 Å². The summed E-state index contributed by atoms with van der Waals surface area (Å²) >= 11 is 0. The van der Waals surface area contributed by atoms with Crippen molar-refractivity contribution in [3.63, 3.8) is 0 Å². The molecule has 8 heteroatoms. The van der Waals surface area contributed by atoms with Gasteiger partial charge < -0.3 is 9.84 Å². The quantitative estimate of drug-likeness (QED) is 0.895. The van der Waals surface area contributed by atoms with Crippen molar-refractivity contribution in [1.82, 2.24) is 4.31 Å². The lowest BCUT2D eigenvalue weighted by atomic mass is 10.2. The number of sulfonamides is 1. The molecule has 1 aromatic rings. The number of hydrogen-bond donors (Lipinski definition) is 1. The fraction of sp³-hybridized carbons (Fsp3) is 0.462. The molecule has 6 nitrogen and oxygen atoms in total. The summed E-state index contributed by atoms with van der Waals surface area (Å²) in [5.74, 6) is -1.98. The molecule has 1 aliphatic rings. The molecule has 0 bridgehead atoms. The summed E-state index contributed by atoms with van der Waals surface area (Å²) in [7, 11) is -4.09. The zero-order valence-corrected chi connectivity index (χ0v) is 12.3. The minimum atomic E-state index is -4.09. The highest BCUT2D eigenvalue weighted by molar-refractivity contribution is 7.89.